The minimum Gasteiger partial charge on any atom is -0.483 e. The molecule has 4 rings (SSSR count). The normalized spacial score (nSPS) is 21.3. The predicted molar refractivity (Wildman–Crippen MR) is 78.0 cm³/mol. The zero-order valence-corrected chi connectivity index (χ0v) is 11.4. The average molecular weight is 266 g/mol. The molecule has 2 aromatic carbocycles. The lowest BCUT2D eigenvalue weighted by atomic mass is 9.97. The van der Waals surface area contributed by atoms with Crippen molar-refractivity contribution < 1.29 is 9.47 Å². The number of ether oxygens (including phenoxy) is 2. The van der Waals surface area contributed by atoms with Gasteiger partial charge >= 0.3 is 0 Å². The molecule has 0 aromatic heterocycles. The molecule has 1 fully saturated rings. The Hall–Kier alpha value is -1.80. The Morgan fingerprint density at radius 1 is 1.00 bits per heavy atom. The van der Waals surface area contributed by atoms with Crippen molar-refractivity contribution in [3.8, 4) is 5.75 Å². The fourth-order valence-corrected chi connectivity index (χ4v) is 3.13. The van der Waals surface area contributed by atoms with Crippen LogP contribution in [0.1, 0.15) is 29.2 Å². The first kappa shape index (κ1) is 12.0. The molecule has 1 saturated heterocycles. The molecule has 2 aromatic rings. The first-order chi connectivity index (χ1) is 9.92. The molecule has 0 radical (unpaired) electrons. The number of hydrogen-bond donors (Lipinski definition) is 0. The highest BCUT2D eigenvalue weighted by atomic mass is 16.6. The zero-order valence-electron chi connectivity index (χ0n) is 11.4. The third-order valence-corrected chi connectivity index (χ3v) is 4.19. The third kappa shape index (κ3) is 2.20. The van der Waals surface area contributed by atoms with Gasteiger partial charge in [0, 0.05) is 0 Å². The Morgan fingerprint density at radius 3 is 2.65 bits per heavy atom. The molecule has 102 valence electrons. The lowest BCUT2D eigenvalue weighted by Crippen LogP contribution is -2.16. The van der Waals surface area contributed by atoms with Crippen molar-refractivity contribution >= 4 is 0 Å². The van der Waals surface area contributed by atoms with Crippen LogP contribution in [0.2, 0.25) is 0 Å². The average Bonchev–Trinajstić information content (AvgIpc) is 3.22. The summed E-state index contributed by atoms with van der Waals surface area (Å²) in [7, 11) is 0. The molecule has 2 aliphatic rings. The third-order valence-electron chi connectivity index (χ3n) is 4.19. The van der Waals surface area contributed by atoms with E-state index in [4.69, 9.17) is 9.47 Å². The Labute approximate surface area is 119 Å². The van der Waals surface area contributed by atoms with Crippen LogP contribution < -0.4 is 4.74 Å². The molecule has 2 atom stereocenters. The molecule has 2 heteroatoms. The van der Waals surface area contributed by atoms with Crippen LogP contribution in [0.4, 0.5) is 0 Å². The van der Waals surface area contributed by atoms with Gasteiger partial charge in [0.05, 0.1) is 6.61 Å². The van der Waals surface area contributed by atoms with Gasteiger partial charge in [0.1, 0.15) is 11.9 Å². The zero-order chi connectivity index (χ0) is 13.4. The van der Waals surface area contributed by atoms with Gasteiger partial charge < -0.3 is 9.47 Å². The number of benzene rings is 2. The van der Waals surface area contributed by atoms with Crippen molar-refractivity contribution in [1.82, 2.24) is 0 Å². The highest BCUT2D eigenvalue weighted by molar-refractivity contribution is 5.41. The second-order valence-corrected chi connectivity index (χ2v) is 5.56. The van der Waals surface area contributed by atoms with Gasteiger partial charge in [-0.1, -0.05) is 36.4 Å². The molecule has 0 N–H and O–H groups in total. The quantitative estimate of drug-likeness (QED) is 0.787. The predicted octanol–water partition coefficient (Wildman–Crippen LogP) is 3.69. The maximum atomic E-state index is 6.22. The fraction of sp³-hybridized carbons (Fsp3) is 0.333. The van der Waals surface area contributed by atoms with Crippen LogP contribution in [-0.2, 0) is 17.6 Å². The molecular formula is C18H18O2. The lowest BCUT2D eigenvalue weighted by Gasteiger charge is -2.20. The maximum absolute atomic E-state index is 6.22. The Balaban J connectivity index is 1.68. The van der Waals surface area contributed by atoms with E-state index < -0.39 is 0 Å². The molecule has 2 nitrogen and oxygen atoms in total. The summed E-state index contributed by atoms with van der Waals surface area (Å²) >= 11 is 0. The monoisotopic (exact) mass is 266 g/mol. The standard InChI is InChI=1S/C18H18O2/c1-2-8-14(9-3-1)20-18(17-12-19-17)16-11-5-7-13-6-4-10-15(13)16/h1-3,5,7-9,11,17-18H,4,6,10,12H2. The van der Waals surface area contributed by atoms with Crippen molar-refractivity contribution in [1.29, 1.82) is 0 Å². The van der Waals surface area contributed by atoms with E-state index in [-0.39, 0.29) is 12.2 Å². The number of para-hydroxylation sites is 1. The minimum atomic E-state index is 0.0328. The molecular weight excluding hydrogens is 248 g/mol. The number of fused-ring (bicyclic) bond motifs is 1. The molecule has 0 amide bonds. The van der Waals surface area contributed by atoms with Gasteiger partial charge in [0.15, 0.2) is 6.10 Å². The second-order valence-electron chi connectivity index (χ2n) is 5.56. The van der Waals surface area contributed by atoms with E-state index in [2.05, 4.69) is 18.2 Å². The highest BCUT2D eigenvalue weighted by Gasteiger charge is 2.37. The summed E-state index contributed by atoms with van der Waals surface area (Å²) in [6, 6.07) is 16.7. The summed E-state index contributed by atoms with van der Waals surface area (Å²) < 4.78 is 11.8. The molecule has 0 bridgehead atoms. The van der Waals surface area contributed by atoms with Crippen molar-refractivity contribution in [2.75, 3.05) is 6.61 Å². The first-order valence-corrected chi connectivity index (χ1v) is 7.36. The summed E-state index contributed by atoms with van der Waals surface area (Å²) in [6.07, 6.45) is 3.88. The van der Waals surface area contributed by atoms with Crippen LogP contribution in [0, 0.1) is 0 Å². The molecule has 2 unspecified atom stereocenters. The van der Waals surface area contributed by atoms with Crippen LogP contribution in [0.25, 0.3) is 0 Å². The van der Waals surface area contributed by atoms with Crippen LogP contribution in [-0.4, -0.2) is 12.7 Å². The summed E-state index contributed by atoms with van der Waals surface area (Å²) in [5, 5.41) is 0. The van der Waals surface area contributed by atoms with Crippen molar-refractivity contribution in [2.24, 2.45) is 0 Å². The summed E-state index contributed by atoms with van der Waals surface area (Å²) in [6.45, 7) is 0.807. The second kappa shape index (κ2) is 4.95. The van der Waals surface area contributed by atoms with E-state index in [1.54, 1.807) is 0 Å². The SMILES string of the molecule is c1ccc(OC(c2cccc3c2CCC3)C2CO2)cc1. The van der Waals surface area contributed by atoms with E-state index in [1.807, 2.05) is 30.3 Å². The van der Waals surface area contributed by atoms with E-state index in [0.717, 1.165) is 12.4 Å². The van der Waals surface area contributed by atoms with E-state index in [9.17, 15) is 0 Å². The molecule has 1 aliphatic heterocycles. The molecule has 0 saturated carbocycles. The number of rotatable bonds is 4. The maximum Gasteiger partial charge on any atom is 0.152 e. The summed E-state index contributed by atoms with van der Waals surface area (Å²) in [5.74, 6) is 0.920. The van der Waals surface area contributed by atoms with Gasteiger partial charge in [-0.2, -0.15) is 0 Å². The van der Waals surface area contributed by atoms with E-state index >= 15 is 0 Å². The molecule has 1 aliphatic carbocycles. The van der Waals surface area contributed by atoms with Crippen molar-refractivity contribution in [2.45, 2.75) is 31.5 Å². The summed E-state index contributed by atoms with van der Waals surface area (Å²) in [4.78, 5) is 0. The number of aryl methyl sites for hydroxylation is 1. The van der Waals surface area contributed by atoms with Gasteiger partial charge in [-0.05, 0) is 48.1 Å². The van der Waals surface area contributed by atoms with Crippen LogP contribution in [0.3, 0.4) is 0 Å². The molecule has 20 heavy (non-hydrogen) atoms. The smallest absolute Gasteiger partial charge is 0.152 e. The van der Waals surface area contributed by atoms with Crippen molar-refractivity contribution in [3.63, 3.8) is 0 Å². The van der Waals surface area contributed by atoms with Gasteiger partial charge in [0.2, 0.25) is 0 Å². The minimum absolute atomic E-state index is 0.0328. The fourth-order valence-electron chi connectivity index (χ4n) is 3.13. The first-order valence-electron chi connectivity index (χ1n) is 7.36. The van der Waals surface area contributed by atoms with Gasteiger partial charge in [-0.15, -0.1) is 0 Å². The van der Waals surface area contributed by atoms with E-state index in [1.165, 1.54) is 36.0 Å². The van der Waals surface area contributed by atoms with Gasteiger partial charge in [-0.3, -0.25) is 0 Å². The topological polar surface area (TPSA) is 21.8 Å². The Morgan fingerprint density at radius 2 is 1.85 bits per heavy atom. The van der Waals surface area contributed by atoms with Crippen LogP contribution in [0.15, 0.2) is 48.5 Å². The Bertz CT molecular complexity index is 602. The molecule has 0 spiro atoms. The number of hydrogen-bond acceptors (Lipinski definition) is 2. The number of epoxide rings is 1. The summed E-state index contributed by atoms with van der Waals surface area (Å²) in [5.41, 5.74) is 4.31. The van der Waals surface area contributed by atoms with Gasteiger partial charge in [0.25, 0.3) is 0 Å². The van der Waals surface area contributed by atoms with Crippen LogP contribution in [0.5, 0.6) is 5.75 Å². The molecule has 1 heterocycles. The largest absolute Gasteiger partial charge is 0.483 e. The van der Waals surface area contributed by atoms with Gasteiger partial charge in [-0.25, -0.2) is 0 Å². The van der Waals surface area contributed by atoms with Crippen LogP contribution >= 0.6 is 0 Å². The highest BCUT2D eigenvalue weighted by Crippen LogP contribution is 2.37. The van der Waals surface area contributed by atoms with Crippen molar-refractivity contribution in [3.05, 3.63) is 65.2 Å². The van der Waals surface area contributed by atoms with E-state index in [0.29, 0.717) is 0 Å². The lowest BCUT2D eigenvalue weighted by molar-refractivity contribution is 0.160. The Kier molecular flexibility index (Phi) is 2.96.